The van der Waals surface area contributed by atoms with Gasteiger partial charge in [-0.25, -0.2) is 0 Å². The van der Waals surface area contributed by atoms with Crippen LogP contribution in [0.4, 0.5) is 0 Å². The Kier molecular flexibility index (Phi) is 2.97. The quantitative estimate of drug-likeness (QED) is 0.781. The minimum absolute atomic E-state index is 0.109. The number of esters is 1. The van der Waals surface area contributed by atoms with Gasteiger partial charge in [0.25, 0.3) is 0 Å². The maximum atomic E-state index is 12.2. The van der Waals surface area contributed by atoms with Gasteiger partial charge in [0.1, 0.15) is 5.60 Å². The molecule has 0 aliphatic heterocycles. The van der Waals surface area contributed by atoms with Gasteiger partial charge < -0.3 is 10.5 Å². The van der Waals surface area contributed by atoms with E-state index in [1.165, 1.54) is 32.1 Å². The zero-order valence-corrected chi connectivity index (χ0v) is 12.4. The van der Waals surface area contributed by atoms with Gasteiger partial charge in [-0.15, -0.1) is 0 Å². The third kappa shape index (κ3) is 2.42. The van der Waals surface area contributed by atoms with Crippen molar-refractivity contribution in [3.8, 4) is 0 Å². The van der Waals surface area contributed by atoms with E-state index < -0.39 is 5.60 Å². The van der Waals surface area contributed by atoms with Crippen molar-refractivity contribution in [3.05, 3.63) is 0 Å². The molecule has 0 unspecified atom stereocenters. The topological polar surface area (TPSA) is 52.3 Å². The SMILES string of the molecule is CC(C)(C)OC(=O)CC1(N)C2CC3CC(C2)CC1C3. The number of rotatable bonds is 2. The summed E-state index contributed by atoms with van der Waals surface area (Å²) >= 11 is 0. The highest BCUT2D eigenvalue weighted by molar-refractivity contribution is 5.71. The van der Waals surface area contributed by atoms with Crippen LogP contribution in [0.5, 0.6) is 0 Å². The van der Waals surface area contributed by atoms with Crippen molar-refractivity contribution in [3.63, 3.8) is 0 Å². The predicted octanol–water partition coefficient (Wildman–Crippen LogP) is 2.87. The molecule has 0 aromatic rings. The van der Waals surface area contributed by atoms with E-state index in [1.54, 1.807) is 0 Å². The zero-order chi connectivity index (χ0) is 13.8. The molecule has 0 saturated heterocycles. The maximum Gasteiger partial charge on any atom is 0.308 e. The van der Waals surface area contributed by atoms with Gasteiger partial charge in [-0.1, -0.05) is 0 Å². The summed E-state index contributed by atoms with van der Waals surface area (Å²) in [6.07, 6.45) is 6.80. The van der Waals surface area contributed by atoms with E-state index in [-0.39, 0.29) is 11.5 Å². The Morgan fingerprint density at radius 2 is 1.58 bits per heavy atom. The van der Waals surface area contributed by atoms with Crippen molar-refractivity contribution < 1.29 is 9.53 Å². The van der Waals surface area contributed by atoms with E-state index in [0.717, 1.165) is 11.8 Å². The van der Waals surface area contributed by atoms with Gasteiger partial charge in [0, 0.05) is 5.54 Å². The summed E-state index contributed by atoms with van der Waals surface area (Å²) in [5, 5.41) is 0. The smallest absolute Gasteiger partial charge is 0.308 e. The summed E-state index contributed by atoms with van der Waals surface area (Å²) in [7, 11) is 0. The Labute approximate surface area is 116 Å². The fourth-order valence-electron chi connectivity index (χ4n) is 4.98. The lowest BCUT2D eigenvalue weighted by atomic mass is 9.48. The van der Waals surface area contributed by atoms with Crippen LogP contribution < -0.4 is 5.73 Å². The molecule has 4 fully saturated rings. The molecule has 4 rings (SSSR count). The third-order valence-electron chi connectivity index (χ3n) is 5.53. The first kappa shape index (κ1) is 13.4. The average molecular weight is 265 g/mol. The Morgan fingerprint density at radius 1 is 1.11 bits per heavy atom. The van der Waals surface area contributed by atoms with Gasteiger partial charge in [0.05, 0.1) is 6.42 Å². The Hall–Kier alpha value is -0.570. The fourth-order valence-corrected chi connectivity index (χ4v) is 4.98. The fraction of sp³-hybridized carbons (Fsp3) is 0.938. The first-order chi connectivity index (χ1) is 8.76. The molecule has 108 valence electrons. The van der Waals surface area contributed by atoms with Gasteiger partial charge in [-0.2, -0.15) is 0 Å². The summed E-state index contributed by atoms with van der Waals surface area (Å²) in [5.74, 6) is 2.77. The first-order valence-corrected chi connectivity index (χ1v) is 7.77. The molecule has 4 aliphatic rings. The minimum atomic E-state index is -0.403. The maximum absolute atomic E-state index is 12.2. The monoisotopic (exact) mass is 265 g/mol. The standard InChI is InChI=1S/C16H27NO2/c1-15(2,3)19-14(18)9-16(17)12-5-10-4-11(7-12)8-13(16)6-10/h10-13H,4-9,17H2,1-3H3. The van der Waals surface area contributed by atoms with Gasteiger partial charge >= 0.3 is 5.97 Å². The molecule has 4 aliphatic carbocycles. The number of hydrogen-bond acceptors (Lipinski definition) is 3. The van der Waals surface area contributed by atoms with Crippen LogP contribution in [0, 0.1) is 23.7 Å². The Morgan fingerprint density at radius 3 is 2.00 bits per heavy atom. The lowest BCUT2D eigenvalue weighted by molar-refractivity contribution is -0.161. The lowest BCUT2D eigenvalue weighted by Crippen LogP contribution is -2.63. The highest BCUT2D eigenvalue weighted by atomic mass is 16.6. The molecule has 0 spiro atoms. The Balaban J connectivity index is 1.71. The van der Waals surface area contributed by atoms with E-state index in [0.29, 0.717) is 18.3 Å². The molecule has 0 amide bonds. The van der Waals surface area contributed by atoms with Crippen LogP contribution in [-0.4, -0.2) is 17.1 Å². The van der Waals surface area contributed by atoms with Crippen molar-refractivity contribution in [1.82, 2.24) is 0 Å². The molecule has 0 heterocycles. The van der Waals surface area contributed by atoms with Crippen LogP contribution in [0.3, 0.4) is 0 Å². The second kappa shape index (κ2) is 4.21. The van der Waals surface area contributed by atoms with Crippen LogP contribution in [0.15, 0.2) is 0 Å². The van der Waals surface area contributed by atoms with E-state index in [1.807, 2.05) is 20.8 Å². The third-order valence-corrected chi connectivity index (χ3v) is 5.53. The highest BCUT2D eigenvalue weighted by Gasteiger charge is 2.56. The van der Waals surface area contributed by atoms with E-state index >= 15 is 0 Å². The minimum Gasteiger partial charge on any atom is -0.460 e. The van der Waals surface area contributed by atoms with Gasteiger partial charge in [-0.05, 0) is 76.5 Å². The van der Waals surface area contributed by atoms with Gasteiger partial charge in [0.2, 0.25) is 0 Å². The number of hydrogen-bond donors (Lipinski definition) is 1. The number of ether oxygens (including phenoxy) is 1. The summed E-state index contributed by atoms with van der Waals surface area (Å²) < 4.78 is 5.49. The zero-order valence-electron chi connectivity index (χ0n) is 12.4. The normalized spacial score (nSPS) is 44.4. The summed E-state index contributed by atoms with van der Waals surface area (Å²) in [6.45, 7) is 5.76. The van der Waals surface area contributed by atoms with E-state index in [2.05, 4.69) is 0 Å². The van der Waals surface area contributed by atoms with E-state index in [4.69, 9.17) is 10.5 Å². The second-order valence-electron chi connectivity index (χ2n) is 8.18. The Bertz CT molecular complexity index is 355. The molecule has 3 nitrogen and oxygen atoms in total. The van der Waals surface area contributed by atoms with Crippen molar-refractivity contribution in [1.29, 1.82) is 0 Å². The molecule has 4 saturated carbocycles. The summed E-state index contributed by atoms with van der Waals surface area (Å²) in [4.78, 5) is 12.2. The summed E-state index contributed by atoms with van der Waals surface area (Å²) in [6, 6.07) is 0. The molecule has 0 atom stereocenters. The molecule has 0 aromatic carbocycles. The first-order valence-electron chi connectivity index (χ1n) is 7.77. The van der Waals surface area contributed by atoms with Crippen LogP contribution in [0.2, 0.25) is 0 Å². The van der Waals surface area contributed by atoms with Crippen molar-refractivity contribution in [2.24, 2.45) is 29.4 Å². The molecular weight excluding hydrogens is 238 g/mol. The predicted molar refractivity (Wildman–Crippen MR) is 74.4 cm³/mol. The van der Waals surface area contributed by atoms with Crippen LogP contribution in [0.25, 0.3) is 0 Å². The lowest BCUT2D eigenvalue weighted by Gasteiger charge is -2.59. The number of carbonyl (C=O) groups is 1. The highest BCUT2D eigenvalue weighted by Crippen LogP contribution is 2.58. The second-order valence-corrected chi connectivity index (χ2v) is 8.18. The van der Waals surface area contributed by atoms with Crippen molar-refractivity contribution in [2.75, 3.05) is 0 Å². The average Bonchev–Trinajstić information content (AvgIpc) is 2.22. The molecule has 2 N–H and O–H groups in total. The molecular formula is C16H27NO2. The molecule has 0 radical (unpaired) electrons. The number of carbonyl (C=O) groups excluding carboxylic acids is 1. The van der Waals surface area contributed by atoms with Gasteiger partial charge in [0.15, 0.2) is 0 Å². The molecule has 3 heteroatoms. The molecule has 19 heavy (non-hydrogen) atoms. The van der Waals surface area contributed by atoms with Crippen LogP contribution in [-0.2, 0) is 9.53 Å². The van der Waals surface area contributed by atoms with Crippen LogP contribution in [0.1, 0.15) is 59.3 Å². The van der Waals surface area contributed by atoms with Gasteiger partial charge in [-0.3, -0.25) is 4.79 Å². The molecule has 4 bridgehead atoms. The van der Waals surface area contributed by atoms with E-state index in [9.17, 15) is 4.79 Å². The molecule has 0 aromatic heterocycles. The largest absolute Gasteiger partial charge is 0.460 e. The van der Waals surface area contributed by atoms with Crippen LogP contribution >= 0.6 is 0 Å². The summed E-state index contributed by atoms with van der Waals surface area (Å²) in [5.41, 5.74) is 6.02. The van der Waals surface area contributed by atoms with Crippen molar-refractivity contribution >= 4 is 5.97 Å². The number of nitrogens with two attached hydrogens (primary N) is 1. The van der Waals surface area contributed by atoms with Crippen molar-refractivity contribution in [2.45, 2.75) is 70.4 Å².